The highest BCUT2D eigenvalue weighted by Gasteiger charge is 2.14. The van der Waals surface area contributed by atoms with E-state index in [9.17, 15) is 0 Å². The lowest BCUT2D eigenvalue weighted by Crippen LogP contribution is -2.39. The highest BCUT2D eigenvalue weighted by atomic mass is 32.1. The molecule has 2 heterocycles. The zero-order valence-corrected chi connectivity index (χ0v) is 16.0. The van der Waals surface area contributed by atoms with Crippen molar-refractivity contribution in [2.24, 2.45) is 0 Å². The van der Waals surface area contributed by atoms with Gasteiger partial charge in [0, 0.05) is 36.7 Å². The number of rotatable bonds is 7. The van der Waals surface area contributed by atoms with Crippen LogP contribution < -0.4 is 5.32 Å². The molecule has 1 N–H and O–H groups in total. The Morgan fingerprint density at radius 2 is 1.96 bits per heavy atom. The lowest BCUT2D eigenvalue weighted by molar-refractivity contribution is 0.0368. The molecule has 2 aromatic rings. The highest BCUT2D eigenvalue weighted by molar-refractivity contribution is 7.80. The van der Waals surface area contributed by atoms with Crippen molar-refractivity contribution in [3.8, 4) is 0 Å². The molecule has 0 bridgehead atoms. The summed E-state index contributed by atoms with van der Waals surface area (Å²) in [5, 5.41) is 6.28. The minimum Gasteiger partial charge on any atom is -0.379 e. The molecule has 6 heteroatoms. The van der Waals surface area contributed by atoms with Gasteiger partial charge in [-0.1, -0.05) is 24.3 Å². The van der Waals surface area contributed by atoms with Crippen molar-refractivity contribution in [2.75, 3.05) is 44.7 Å². The monoisotopic (exact) mass is 375 g/mol. The van der Waals surface area contributed by atoms with Gasteiger partial charge in [-0.3, -0.25) is 4.90 Å². The fourth-order valence-corrected chi connectivity index (χ4v) is 3.87. The molecule has 1 saturated heterocycles. The summed E-state index contributed by atoms with van der Waals surface area (Å²) < 4.78 is 5.42. The number of anilines is 1. The van der Waals surface area contributed by atoms with E-state index in [0.717, 1.165) is 63.2 Å². The predicted octanol–water partition coefficient (Wildman–Crippen LogP) is 3.67. The Balaban J connectivity index is 1.55. The summed E-state index contributed by atoms with van der Waals surface area (Å²) in [6.45, 7) is 6.70. The molecule has 0 atom stereocenters. The summed E-state index contributed by atoms with van der Waals surface area (Å²) >= 11 is 7.47. The van der Waals surface area contributed by atoms with Crippen LogP contribution in [0.4, 0.5) is 5.69 Å². The van der Waals surface area contributed by atoms with Crippen molar-refractivity contribution in [2.45, 2.75) is 13.0 Å². The molecule has 134 valence electrons. The molecular weight excluding hydrogens is 350 g/mol. The molecule has 25 heavy (non-hydrogen) atoms. The van der Waals surface area contributed by atoms with Crippen LogP contribution in [0, 0.1) is 0 Å². The van der Waals surface area contributed by atoms with Gasteiger partial charge in [-0.05, 0) is 42.2 Å². The number of ether oxygens (including phenoxy) is 1. The van der Waals surface area contributed by atoms with E-state index in [4.69, 9.17) is 17.0 Å². The third-order valence-electron chi connectivity index (χ3n) is 4.25. The maximum Gasteiger partial charge on any atom is 0.173 e. The van der Waals surface area contributed by atoms with Crippen molar-refractivity contribution in [1.29, 1.82) is 0 Å². The van der Waals surface area contributed by atoms with Gasteiger partial charge < -0.3 is 15.0 Å². The second-order valence-electron chi connectivity index (χ2n) is 6.10. The number of nitrogens with one attached hydrogen (secondary N) is 1. The van der Waals surface area contributed by atoms with E-state index in [0.29, 0.717) is 0 Å². The average molecular weight is 376 g/mol. The number of thiocarbonyl (C=S) groups is 1. The second kappa shape index (κ2) is 9.87. The molecule has 0 spiro atoms. The van der Waals surface area contributed by atoms with Gasteiger partial charge in [0.2, 0.25) is 0 Å². The third kappa shape index (κ3) is 6.08. The van der Waals surface area contributed by atoms with Crippen molar-refractivity contribution in [3.63, 3.8) is 0 Å². The molecule has 4 nitrogen and oxygen atoms in total. The third-order valence-corrected chi connectivity index (χ3v) is 5.47. The van der Waals surface area contributed by atoms with Gasteiger partial charge in [0.05, 0.1) is 19.8 Å². The first kappa shape index (κ1) is 18.3. The van der Waals surface area contributed by atoms with Gasteiger partial charge in [-0.2, -0.15) is 0 Å². The van der Waals surface area contributed by atoms with Crippen molar-refractivity contribution >= 4 is 34.4 Å². The van der Waals surface area contributed by atoms with Gasteiger partial charge >= 0.3 is 0 Å². The number of nitrogens with zero attached hydrogens (tertiary/aromatic N) is 2. The zero-order chi connectivity index (χ0) is 17.3. The number of benzene rings is 1. The van der Waals surface area contributed by atoms with E-state index in [-0.39, 0.29) is 0 Å². The maximum absolute atomic E-state index is 5.69. The lowest BCUT2D eigenvalue weighted by Gasteiger charge is -2.29. The number of thiophene rings is 1. The fraction of sp³-hybridized carbons (Fsp3) is 0.421. The smallest absolute Gasteiger partial charge is 0.173 e. The summed E-state index contributed by atoms with van der Waals surface area (Å²) in [5.74, 6) is 0. The number of hydrogen-bond acceptors (Lipinski definition) is 4. The Bertz CT molecular complexity index is 627. The van der Waals surface area contributed by atoms with Crippen LogP contribution >= 0.6 is 23.6 Å². The SMILES string of the molecule is S=C(Nc1ccccc1)N(CCCN1CCOCC1)Cc1cccs1. The van der Waals surface area contributed by atoms with Crippen LogP contribution in [0.1, 0.15) is 11.3 Å². The van der Waals surface area contributed by atoms with E-state index in [1.54, 1.807) is 11.3 Å². The number of hydrogen-bond donors (Lipinski definition) is 1. The van der Waals surface area contributed by atoms with Crippen molar-refractivity contribution in [1.82, 2.24) is 9.80 Å². The van der Waals surface area contributed by atoms with Crippen LogP contribution in [0.3, 0.4) is 0 Å². The van der Waals surface area contributed by atoms with E-state index >= 15 is 0 Å². The molecule has 0 amide bonds. The number of morpholine rings is 1. The molecule has 0 saturated carbocycles. The molecule has 1 fully saturated rings. The summed E-state index contributed by atoms with van der Waals surface area (Å²) in [6, 6.07) is 14.4. The van der Waals surface area contributed by atoms with Crippen LogP contribution in [0.25, 0.3) is 0 Å². The fourth-order valence-electron chi connectivity index (χ4n) is 2.88. The van der Waals surface area contributed by atoms with Crippen LogP contribution in [0.5, 0.6) is 0 Å². The first-order chi connectivity index (χ1) is 12.3. The van der Waals surface area contributed by atoms with Crippen molar-refractivity contribution < 1.29 is 4.74 Å². The molecule has 0 radical (unpaired) electrons. The van der Waals surface area contributed by atoms with Crippen LogP contribution in [0.15, 0.2) is 47.8 Å². The van der Waals surface area contributed by atoms with Gasteiger partial charge in [0.25, 0.3) is 0 Å². The summed E-state index contributed by atoms with van der Waals surface area (Å²) in [6.07, 6.45) is 1.10. The molecular formula is C19H25N3OS2. The van der Waals surface area contributed by atoms with Crippen LogP contribution in [0.2, 0.25) is 0 Å². The highest BCUT2D eigenvalue weighted by Crippen LogP contribution is 2.15. The Morgan fingerprint density at radius 3 is 2.68 bits per heavy atom. The Labute approximate surface area is 159 Å². The lowest BCUT2D eigenvalue weighted by atomic mass is 10.3. The summed E-state index contributed by atoms with van der Waals surface area (Å²) in [5.41, 5.74) is 1.04. The normalized spacial score (nSPS) is 15.0. The minimum atomic E-state index is 0.793. The first-order valence-corrected chi connectivity index (χ1v) is 10.0. The maximum atomic E-state index is 5.69. The zero-order valence-electron chi connectivity index (χ0n) is 14.4. The first-order valence-electron chi connectivity index (χ1n) is 8.75. The van der Waals surface area contributed by atoms with E-state index < -0.39 is 0 Å². The second-order valence-corrected chi connectivity index (χ2v) is 7.52. The van der Waals surface area contributed by atoms with E-state index in [1.807, 2.05) is 30.3 Å². The number of para-hydroxylation sites is 1. The molecule has 0 aliphatic carbocycles. The standard InChI is InChI=1S/C19H25N3OS2/c24-19(20-17-6-2-1-3-7-17)22(16-18-8-4-15-25-18)10-5-9-21-11-13-23-14-12-21/h1-4,6-8,15H,5,9-14,16H2,(H,20,24). The van der Waals surface area contributed by atoms with Crippen molar-refractivity contribution in [3.05, 3.63) is 52.7 Å². The summed E-state index contributed by atoms with van der Waals surface area (Å²) in [4.78, 5) is 6.08. The van der Waals surface area contributed by atoms with Crippen LogP contribution in [-0.4, -0.2) is 54.3 Å². The van der Waals surface area contributed by atoms with E-state index in [2.05, 4.69) is 32.6 Å². The van der Waals surface area contributed by atoms with Crippen LogP contribution in [-0.2, 0) is 11.3 Å². The minimum absolute atomic E-state index is 0.793. The van der Waals surface area contributed by atoms with E-state index in [1.165, 1.54) is 4.88 Å². The topological polar surface area (TPSA) is 27.7 Å². The largest absolute Gasteiger partial charge is 0.379 e. The molecule has 3 rings (SSSR count). The molecule has 1 aliphatic heterocycles. The summed E-state index contributed by atoms with van der Waals surface area (Å²) in [7, 11) is 0. The molecule has 1 aromatic heterocycles. The van der Waals surface area contributed by atoms with Gasteiger partial charge in [-0.25, -0.2) is 0 Å². The molecule has 1 aliphatic rings. The molecule has 1 aromatic carbocycles. The van der Waals surface area contributed by atoms with Gasteiger partial charge in [-0.15, -0.1) is 11.3 Å². The Hall–Kier alpha value is -1.47. The Morgan fingerprint density at radius 1 is 1.16 bits per heavy atom. The molecule has 0 unspecified atom stereocenters. The Kier molecular flexibility index (Phi) is 7.23. The predicted molar refractivity (Wildman–Crippen MR) is 109 cm³/mol. The van der Waals surface area contributed by atoms with Gasteiger partial charge in [0.15, 0.2) is 5.11 Å². The quantitative estimate of drug-likeness (QED) is 0.746. The van der Waals surface area contributed by atoms with Gasteiger partial charge in [0.1, 0.15) is 0 Å². The average Bonchev–Trinajstić information content (AvgIpc) is 3.16.